The summed E-state index contributed by atoms with van der Waals surface area (Å²) in [5, 5.41) is 14.0. The molecule has 0 radical (unpaired) electrons. The molecule has 0 bridgehead atoms. The lowest BCUT2D eigenvalue weighted by atomic mass is 10.1. The van der Waals surface area contributed by atoms with E-state index in [4.69, 9.17) is 0 Å². The van der Waals surface area contributed by atoms with Crippen molar-refractivity contribution in [1.82, 2.24) is 9.88 Å². The van der Waals surface area contributed by atoms with E-state index in [1.165, 1.54) is 11.0 Å². The molecule has 1 N–H and O–H groups in total. The number of carbonyl (C=O) groups excluding carboxylic acids is 1. The molecule has 0 saturated carbocycles. The zero-order chi connectivity index (χ0) is 17.0. The Bertz CT molecular complexity index is 744. The van der Waals surface area contributed by atoms with E-state index in [2.05, 4.69) is 10.3 Å². The van der Waals surface area contributed by atoms with Crippen LogP contribution in [-0.2, 0) is 6.54 Å². The lowest BCUT2D eigenvalue weighted by Gasteiger charge is -2.11. The molecule has 1 amide bonds. The first-order chi connectivity index (χ1) is 10.9. The Morgan fingerprint density at radius 3 is 2.70 bits per heavy atom. The van der Waals surface area contributed by atoms with E-state index in [-0.39, 0.29) is 11.6 Å². The molecule has 0 fully saturated rings. The Hall–Kier alpha value is -2.96. The van der Waals surface area contributed by atoms with Crippen LogP contribution in [0.1, 0.15) is 21.5 Å². The van der Waals surface area contributed by atoms with Gasteiger partial charge in [0.2, 0.25) is 0 Å². The Morgan fingerprint density at radius 2 is 2.04 bits per heavy atom. The van der Waals surface area contributed by atoms with Crippen LogP contribution >= 0.6 is 0 Å². The zero-order valence-corrected chi connectivity index (χ0v) is 13.2. The summed E-state index contributed by atoms with van der Waals surface area (Å²) < 4.78 is 0. The molecule has 0 aliphatic heterocycles. The molecular weight excluding hydrogens is 296 g/mol. The summed E-state index contributed by atoms with van der Waals surface area (Å²) >= 11 is 0. The number of aryl methyl sites for hydroxylation is 1. The van der Waals surface area contributed by atoms with Gasteiger partial charge < -0.3 is 10.2 Å². The van der Waals surface area contributed by atoms with Crippen molar-refractivity contribution in [2.24, 2.45) is 0 Å². The van der Waals surface area contributed by atoms with Crippen molar-refractivity contribution < 1.29 is 9.72 Å². The summed E-state index contributed by atoms with van der Waals surface area (Å²) in [7, 11) is 3.36. The number of nitrogens with zero attached hydrogens (tertiary/aromatic N) is 3. The zero-order valence-electron chi connectivity index (χ0n) is 13.2. The van der Waals surface area contributed by atoms with E-state index in [9.17, 15) is 14.9 Å². The third-order valence-corrected chi connectivity index (χ3v) is 3.36. The second kappa shape index (κ2) is 6.87. The van der Waals surface area contributed by atoms with Crippen LogP contribution in [0.4, 0.5) is 11.5 Å². The second-order valence-corrected chi connectivity index (χ2v) is 5.36. The summed E-state index contributed by atoms with van der Waals surface area (Å²) in [6, 6.07) is 8.38. The van der Waals surface area contributed by atoms with Crippen LogP contribution < -0.4 is 5.32 Å². The second-order valence-electron chi connectivity index (χ2n) is 5.36. The van der Waals surface area contributed by atoms with Crippen molar-refractivity contribution in [3.05, 3.63) is 63.3 Å². The maximum Gasteiger partial charge on any atom is 0.272 e. The molecule has 23 heavy (non-hydrogen) atoms. The normalized spacial score (nSPS) is 10.2. The van der Waals surface area contributed by atoms with Crippen LogP contribution in [0.15, 0.2) is 36.5 Å². The summed E-state index contributed by atoms with van der Waals surface area (Å²) in [4.78, 5) is 28.1. The van der Waals surface area contributed by atoms with E-state index in [0.29, 0.717) is 23.5 Å². The third kappa shape index (κ3) is 4.03. The van der Waals surface area contributed by atoms with Gasteiger partial charge in [-0.1, -0.05) is 12.1 Å². The predicted molar refractivity (Wildman–Crippen MR) is 87.4 cm³/mol. The highest BCUT2D eigenvalue weighted by Gasteiger charge is 2.12. The van der Waals surface area contributed by atoms with Crippen molar-refractivity contribution in [2.75, 3.05) is 19.4 Å². The molecule has 7 heteroatoms. The van der Waals surface area contributed by atoms with Gasteiger partial charge in [0.05, 0.1) is 4.92 Å². The lowest BCUT2D eigenvalue weighted by Crippen LogP contribution is -2.21. The molecule has 0 aliphatic carbocycles. The summed E-state index contributed by atoms with van der Waals surface area (Å²) in [6.07, 6.45) is 1.55. The van der Waals surface area contributed by atoms with Gasteiger partial charge in [0.15, 0.2) is 0 Å². The molecule has 0 aliphatic rings. The number of rotatable bonds is 5. The molecule has 2 rings (SSSR count). The van der Waals surface area contributed by atoms with Crippen molar-refractivity contribution in [1.29, 1.82) is 0 Å². The van der Waals surface area contributed by atoms with E-state index in [0.717, 1.165) is 5.56 Å². The summed E-state index contributed by atoms with van der Waals surface area (Å²) in [5.41, 5.74) is 2.01. The van der Waals surface area contributed by atoms with Gasteiger partial charge in [-0.2, -0.15) is 0 Å². The number of carbonyl (C=O) groups is 1. The lowest BCUT2D eigenvalue weighted by molar-refractivity contribution is -0.385. The standard InChI is InChI=1S/C16H18N4O3/c1-11-4-5-12(8-14(11)20(22)23)10-18-15-9-13(6-7-17-15)16(21)19(2)3/h4-9H,10H2,1-3H3,(H,17,18). The molecule has 1 aromatic heterocycles. The Labute approximate surface area is 134 Å². The highest BCUT2D eigenvalue weighted by atomic mass is 16.6. The topological polar surface area (TPSA) is 88.4 Å². The van der Waals surface area contributed by atoms with Crippen LogP contribution in [-0.4, -0.2) is 34.8 Å². The first-order valence-corrected chi connectivity index (χ1v) is 7.04. The summed E-state index contributed by atoms with van der Waals surface area (Å²) in [5.74, 6) is 0.433. The van der Waals surface area contributed by atoms with Gasteiger partial charge in [-0.15, -0.1) is 0 Å². The molecule has 0 saturated heterocycles. The van der Waals surface area contributed by atoms with E-state index >= 15 is 0 Å². The average molecular weight is 314 g/mol. The number of hydrogen-bond acceptors (Lipinski definition) is 5. The Morgan fingerprint density at radius 1 is 1.30 bits per heavy atom. The van der Waals surface area contributed by atoms with Gasteiger partial charge in [-0.05, 0) is 24.6 Å². The van der Waals surface area contributed by atoms with Gasteiger partial charge in [-0.3, -0.25) is 14.9 Å². The molecule has 2 aromatic rings. The highest BCUT2D eigenvalue weighted by molar-refractivity contribution is 5.94. The number of nitrogens with one attached hydrogen (secondary N) is 1. The van der Waals surface area contributed by atoms with Crippen LogP contribution in [0.2, 0.25) is 0 Å². The molecule has 0 spiro atoms. The molecule has 1 heterocycles. The molecule has 120 valence electrons. The number of hydrogen-bond donors (Lipinski definition) is 1. The van der Waals surface area contributed by atoms with Crippen LogP contribution in [0, 0.1) is 17.0 Å². The molecule has 1 aromatic carbocycles. The SMILES string of the molecule is Cc1ccc(CNc2cc(C(=O)N(C)C)ccn2)cc1[N+](=O)[O-]. The van der Waals surface area contributed by atoms with Gasteiger partial charge in [0, 0.05) is 44.0 Å². The number of nitro benzene ring substituents is 1. The van der Waals surface area contributed by atoms with E-state index < -0.39 is 4.92 Å². The Kier molecular flexibility index (Phi) is 4.90. The third-order valence-electron chi connectivity index (χ3n) is 3.36. The minimum atomic E-state index is -0.395. The van der Waals surface area contributed by atoms with Crippen molar-refractivity contribution in [2.45, 2.75) is 13.5 Å². The van der Waals surface area contributed by atoms with E-state index in [1.54, 1.807) is 45.4 Å². The van der Waals surface area contributed by atoms with Crippen molar-refractivity contribution >= 4 is 17.4 Å². The average Bonchev–Trinajstić information content (AvgIpc) is 2.53. The minimum absolute atomic E-state index is 0.0915. The van der Waals surface area contributed by atoms with Gasteiger partial charge in [0.1, 0.15) is 5.82 Å². The highest BCUT2D eigenvalue weighted by Crippen LogP contribution is 2.20. The smallest absolute Gasteiger partial charge is 0.272 e. The number of benzene rings is 1. The van der Waals surface area contributed by atoms with Crippen molar-refractivity contribution in [3.8, 4) is 0 Å². The number of amides is 1. The van der Waals surface area contributed by atoms with Gasteiger partial charge in [0.25, 0.3) is 11.6 Å². The molecular formula is C16H18N4O3. The van der Waals surface area contributed by atoms with Crippen LogP contribution in [0.3, 0.4) is 0 Å². The van der Waals surface area contributed by atoms with Crippen LogP contribution in [0.25, 0.3) is 0 Å². The fraction of sp³-hybridized carbons (Fsp3) is 0.250. The Balaban J connectivity index is 2.12. The van der Waals surface area contributed by atoms with Crippen molar-refractivity contribution in [3.63, 3.8) is 0 Å². The number of anilines is 1. The quantitative estimate of drug-likeness (QED) is 0.677. The molecule has 0 unspecified atom stereocenters. The van der Waals surface area contributed by atoms with Crippen LogP contribution in [0.5, 0.6) is 0 Å². The molecule has 7 nitrogen and oxygen atoms in total. The van der Waals surface area contributed by atoms with Gasteiger partial charge >= 0.3 is 0 Å². The maximum atomic E-state index is 11.9. The largest absolute Gasteiger partial charge is 0.366 e. The first-order valence-electron chi connectivity index (χ1n) is 7.04. The maximum absolute atomic E-state index is 11.9. The number of nitro groups is 1. The molecule has 0 atom stereocenters. The predicted octanol–water partition coefficient (Wildman–Crippen LogP) is 2.61. The van der Waals surface area contributed by atoms with Gasteiger partial charge in [-0.25, -0.2) is 4.98 Å². The first kappa shape index (κ1) is 16.4. The fourth-order valence-corrected chi connectivity index (χ4v) is 2.07. The fourth-order valence-electron chi connectivity index (χ4n) is 2.07. The van der Waals surface area contributed by atoms with E-state index in [1.807, 2.05) is 6.07 Å². The number of pyridine rings is 1. The monoisotopic (exact) mass is 314 g/mol. The minimum Gasteiger partial charge on any atom is -0.366 e. The summed E-state index contributed by atoms with van der Waals surface area (Å²) in [6.45, 7) is 2.08. The number of aromatic nitrogens is 1.